The summed E-state index contributed by atoms with van der Waals surface area (Å²) in [6.07, 6.45) is -1.80. The normalized spacial score (nSPS) is 16.7. The van der Waals surface area contributed by atoms with Gasteiger partial charge >= 0.3 is 0 Å². The van der Waals surface area contributed by atoms with Crippen molar-refractivity contribution >= 4 is 313 Å². The van der Waals surface area contributed by atoms with Crippen LogP contribution in [0.1, 0.15) is 42.2 Å². The van der Waals surface area contributed by atoms with Crippen LogP contribution in [-0.2, 0) is 13.0 Å². The second-order valence-corrected chi connectivity index (χ2v) is 29.1. The highest BCUT2D eigenvalue weighted by atomic mass is 35.6. The smallest absolute Gasteiger partial charge is 0.226 e. The van der Waals surface area contributed by atoms with Crippen LogP contribution in [0.5, 0.6) is 0 Å². The summed E-state index contributed by atoms with van der Waals surface area (Å²) in [6.45, 7) is 2.97. The van der Waals surface area contributed by atoms with E-state index in [1.165, 1.54) is 13.8 Å². The lowest BCUT2D eigenvalue weighted by molar-refractivity contribution is 0.124. The second kappa shape index (κ2) is 17.3. The minimum Gasteiger partial charge on any atom is -0.388 e. The zero-order valence-electron chi connectivity index (χ0n) is 23.0. The molecule has 0 amide bonds. The predicted octanol–water partition coefficient (Wildman–Crippen LogP) is 18.4. The summed E-state index contributed by atoms with van der Waals surface area (Å²) in [5, 5.41) is 11.7. The van der Waals surface area contributed by atoms with Crippen LogP contribution in [0.15, 0.2) is 12.1 Å². The molecule has 1 unspecified atom stereocenters. The predicted molar refractivity (Wildman–Crippen MR) is 234 cm³/mol. The van der Waals surface area contributed by atoms with Gasteiger partial charge in [-0.2, -0.15) is 0 Å². The van der Waals surface area contributed by atoms with Gasteiger partial charge in [-0.15, -0.1) is 0 Å². The Kier molecular flexibility index (Phi) is 19.0. The maximum absolute atomic E-state index is 11.7. The first-order valence-corrected chi connectivity index (χ1v) is 22.0. The fourth-order valence-electron chi connectivity index (χ4n) is 3.65. The molecule has 0 heterocycles. The lowest BCUT2D eigenvalue weighted by atomic mass is 9.83. The Morgan fingerprint density at radius 3 is 0.800 bits per heavy atom. The number of halogens is 27. The Morgan fingerprint density at radius 2 is 0.600 bits per heavy atom. The number of hydrogen-bond donors (Lipinski definition) is 1. The number of aliphatic hydroxyl groups excluding tert-OH is 1. The third-order valence-corrected chi connectivity index (χ3v) is 22.9. The molecule has 0 aliphatic heterocycles. The lowest BCUT2D eigenvalue weighted by Gasteiger charge is -2.48. The summed E-state index contributed by atoms with van der Waals surface area (Å²) in [4.78, 5) is 0. The van der Waals surface area contributed by atoms with Crippen LogP contribution in [0.25, 0.3) is 0 Å². The van der Waals surface area contributed by atoms with Crippen molar-refractivity contribution in [2.24, 2.45) is 5.92 Å². The van der Waals surface area contributed by atoms with Crippen molar-refractivity contribution in [2.45, 2.75) is 70.3 Å². The van der Waals surface area contributed by atoms with E-state index in [2.05, 4.69) is 0 Å². The number of aliphatic hydroxyl groups is 1. The van der Waals surface area contributed by atoms with Gasteiger partial charge < -0.3 is 5.11 Å². The largest absolute Gasteiger partial charge is 0.388 e. The van der Waals surface area contributed by atoms with Crippen LogP contribution < -0.4 is 0 Å². The molecule has 0 fully saturated rings. The van der Waals surface area contributed by atoms with Gasteiger partial charge in [-0.1, -0.05) is 327 Å². The molecule has 0 radical (unpaired) electrons. The quantitative estimate of drug-likeness (QED) is 0.219. The van der Waals surface area contributed by atoms with Gasteiger partial charge in [0.15, 0.2) is 26.0 Å². The molecule has 28 heteroatoms. The second-order valence-electron chi connectivity index (χ2n) is 10.3. The van der Waals surface area contributed by atoms with E-state index in [0.29, 0.717) is 0 Å². The van der Waals surface area contributed by atoms with E-state index in [9.17, 15) is 5.11 Å². The average Bonchev–Trinajstić information content (AvgIpc) is 2.89. The van der Waals surface area contributed by atoms with Crippen LogP contribution in [-0.4, -0.2) is 42.5 Å². The van der Waals surface area contributed by atoms with Crippen molar-refractivity contribution in [3.63, 3.8) is 0 Å². The highest BCUT2D eigenvalue weighted by molar-refractivity contribution is 6.82. The third kappa shape index (κ3) is 9.49. The van der Waals surface area contributed by atoms with Crippen molar-refractivity contribution in [1.29, 1.82) is 0 Å². The number of alkyl halides is 27. The van der Waals surface area contributed by atoms with E-state index >= 15 is 0 Å². The van der Waals surface area contributed by atoms with E-state index in [-0.39, 0.29) is 0 Å². The minimum absolute atomic E-state index is 0.541. The number of hydrogen-bond acceptors (Lipinski definition) is 1. The zero-order valence-corrected chi connectivity index (χ0v) is 43.4. The fourth-order valence-corrected chi connectivity index (χ4v) is 10.4. The molecular formula is C22H11Cl27O. The standard InChI is InChI=1S/C22H11Cl27O/c1-5(2)10(50)9-7(12(25,26)15(31,32)18(37,38)21(44,45)46)3-6(11(23,24)14(29,30)17(35,36)20(41,42)43)4-8(9)13(27,28)16(33,34)19(39,40)22(47,48)49/h3-5,10,50H,1-2H3. The fraction of sp³-hybridized carbons (Fsp3) is 0.727. The van der Waals surface area contributed by atoms with E-state index in [1.807, 2.05) is 0 Å². The van der Waals surface area contributed by atoms with Crippen LogP contribution in [0.4, 0.5) is 0 Å². The molecular weight excluding hydrogens is 1240 g/mol. The summed E-state index contributed by atoms with van der Waals surface area (Å²) in [7, 11) is 0. The first-order valence-electron chi connectivity index (χ1n) is 11.8. The molecule has 0 saturated carbocycles. The van der Waals surface area contributed by atoms with E-state index in [0.717, 1.165) is 12.1 Å². The Hall–Kier alpha value is 7.01. The highest BCUT2D eigenvalue weighted by Crippen LogP contribution is 2.71. The van der Waals surface area contributed by atoms with Crippen molar-refractivity contribution in [2.75, 3.05) is 0 Å². The van der Waals surface area contributed by atoms with Crippen LogP contribution >= 0.6 is 313 Å². The SMILES string of the molecule is CC(C)C(O)c1c(C(Cl)(Cl)C(Cl)(Cl)C(Cl)(Cl)C(Cl)(Cl)Cl)cc(C(Cl)(Cl)C(Cl)(Cl)C(Cl)(Cl)C(Cl)(Cl)Cl)cc1C(Cl)(Cl)C(Cl)(Cl)C(Cl)(Cl)C(Cl)(Cl)Cl. The van der Waals surface area contributed by atoms with Gasteiger partial charge in [0.1, 0.15) is 0 Å². The highest BCUT2D eigenvalue weighted by Gasteiger charge is 2.73. The number of rotatable bonds is 11. The molecule has 1 aromatic carbocycles. The van der Waals surface area contributed by atoms with Gasteiger partial charge in [-0.05, 0) is 40.3 Å². The molecule has 294 valence electrons. The Morgan fingerprint density at radius 1 is 0.380 bits per heavy atom. The molecule has 1 atom stereocenters. The van der Waals surface area contributed by atoms with Crippen molar-refractivity contribution in [3.8, 4) is 0 Å². The molecule has 0 aromatic heterocycles. The van der Waals surface area contributed by atoms with E-state index in [1.54, 1.807) is 0 Å². The Labute approximate surface area is 422 Å². The summed E-state index contributed by atoms with van der Waals surface area (Å²) in [5.74, 6) is -0.832. The van der Waals surface area contributed by atoms with Crippen LogP contribution in [0, 0.1) is 5.92 Å². The summed E-state index contributed by atoms with van der Waals surface area (Å²) in [6, 6.07) is 1.73. The summed E-state index contributed by atoms with van der Waals surface area (Å²) in [5.41, 5.74) is -2.57. The molecule has 0 spiro atoms. The van der Waals surface area contributed by atoms with Gasteiger partial charge in [0, 0.05) is 0 Å². The monoisotopic (exact) mass is 1240 g/mol. The van der Waals surface area contributed by atoms with Crippen molar-refractivity contribution in [3.05, 3.63) is 34.4 Å². The molecule has 0 bridgehead atoms. The molecule has 1 aromatic rings. The molecule has 0 aliphatic rings. The van der Waals surface area contributed by atoms with Gasteiger partial charge in [0.05, 0.1) is 6.10 Å². The minimum atomic E-state index is -3.06. The van der Waals surface area contributed by atoms with Gasteiger partial charge in [0.2, 0.25) is 24.4 Å². The Balaban J connectivity index is 4.91. The summed E-state index contributed by atoms with van der Waals surface area (Å²) >= 11 is 173. The van der Waals surface area contributed by atoms with Gasteiger partial charge in [-0.3, -0.25) is 0 Å². The van der Waals surface area contributed by atoms with Crippen molar-refractivity contribution < 1.29 is 5.11 Å². The molecule has 0 saturated heterocycles. The van der Waals surface area contributed by atoms with Crippen LogP contribution in [0.2, 0.25) is 0 Å². The Bertz CT molecular complexity index is 1320. The molecule has 1 rings (SSSR count). The molecule has 1 N–H and O–H groups in total. The maximum Gasteiger partial charge on any atom is 0.226 e. The lowest BCUT2D eigenvalue weighted by Crippen LogP contribution is -2.57. The molecule has 1 nitrogen and oxygen atoms in total. The van der Waals surface area contributed by atoms with Gasteiger partial charge in [-0.25, -0.2) is 0 Å². The average molecular weight is 1250 g/mol. The molecule has 50 heavy (non-hydrogen) atoms. The molecule has 0 aliphatic carbocycles. The van der Waals surface area contributed by atoms with E-state index in [4.69, 9.17) is 313 Å². The first kappa shape index (κ1) is 55.0. The third-order valence-electron chi connectivity index (χ3n) is 6.58. The summed E-state index contributed by atoms with van der Waals surface area (Å²) < 4.78 is -35.1. The van der Waals surface area contributed by atoms with Crippen molar-refractivity contribution in [1.82, 2.24) is 0 Å². The zero-order chi connectivity index (χ0) is 40.9. The first-order chi connectivity index (χ1) is 21.3. The van der Waals surface area contributed by atoms with Crippen LogP contribution in [0.3, 0.4) is 0 Å². The van der Waals surface area contributed by atoms with E-state index < -0.39 is 84.7 Å². The number of benzene rings is 1. The topological polar surface area (TPSA) is 20.2 Å². The maximum atomic E-state index is 11.7. The van der Waals surface area contributed by atoms with Gasteiger partial charge in [0.25, 0.3) is 0 Å².